The van der Waals surface area contributed by atoms with Crippen LogP contribution in [0.4, 0.5) is 5.69 Å². The third-order valence-electron chi connectivity index (χ3n) is 3.08. The zero-order valence-corrected chi connectivity index (χ0v) is 11.7. The van der Waals surface area contributed by atoms with Gasteiger partial charge in [0, 0.05) is 5.56 Å². The number of hydrogen-bond donors (Lipinski definition) is 1. The molecule has 1 amide bonds. The Balaban J connectivity index is 0.00000120. The van der Waals surface area contributed by atoms with Crippen LogP contribution in [0.3, 0.4) is 0 Å². The Bertz CT molecular complexity index is 559. The maximum Gasteiger partial charge on any atom is 0.249 e. The van der Waals surface area contributed by atoms with Crippen molar-refractivity contribution in [2.75, 3.05) is 0 Å². The SMILES string of the molecule is C[C@@H]1C(=O)NC2=Nc3ccc(Cl)c(Cl)c3CN21.Cl. The van der Waals surface area contributed by atoms with Gasteiger partial charge in [0.05, 0.1) is 22.3 Å². The lowest BCUT2D eigenvalue weighted by atomic mass is 10.1. The van der Waals surface area contributed by atoms with Gasteiger partial charge in [-0.1, -0.05) is 23.2 Å². The number of nitrogens with zero attached hydrogens (tertiary/aromatic N) is 2. The Hall–Kier alpha value is -0.970. The molecule has 96 valence electrons. The summed E-state index contributed by atoms with van der Waals surface area (Å²) in [6, 6.07) is 3.29. The van der Waals surface area contributed by atoms with Gasteiger partial charge in [0.25, 0.3) is 0 Å². The van der Waals surface area contributed by atoms with Gasteiger partial charge in [0.15, 0.2) is 0 Å². The first kappa shape index (κ1) is 13.5. The van der Waals surface area contributed by atoms with Crippen molar-refractivity contribution in [2.24, 2.45) is 4.99 Å². The summed E-state index contributed by atoms with van der Waals surface area (Å²) >= 11 is 12.1. The molecule has 0 saturated carbocycles. The van der Waals surface area contributed by atoms with Crippen LogP contribution in [0.1, 0.15) is 12.5 Å². The summed E-state index contributed by atoms with van der Waals surface area (Å²) < 4.78 is 0. The van der Waals surface area contributed by atoms with Crippen LogP contribution in [0.5, 0.6) is 0 Å². The van der Waals surface area contributed by atoms with Gasteiger partial charge >= 0.3 is 0 Å². The maximum absolute atomic E-state index is 11.6. The molecule has 1 aromatic carbocycles. The Morgan fingerprint density at radius 3 is 2.89 bits per heavy atom. The fraction of sp³-hybridized carbons (Fsp3) is 0.273. The van der Waals surface area contributed by atoms with E-state index >= 15 is 0 Å². The molecule has 1 N–H and O–H groups in total. The molecular weight excluding hydrogens is 296 g/mol. The predicted octanol–water partition coefficient (Wildman–Crippen LogP) is 2.74. The highest BCUT2D eigenvalue weighted by Gasteiger charge is 2.36. The number of hydrogen-bond acceptors (Lipinski definition) is 3. The largest absolute Gasteiger partial charge is 0.326 e. The van der Waals surface area contributed by atoms with E-state index < -0.39 is 0 Å². The molecule has 18 heavy (non-hydrogen) atoms. The summed E-state index contributed by atoms with van der Waals surface area (Å²) in [5.41, 5.74) is 1.63. The zero-order valence-electron chi connectivity index (χ0n) is 9.41. The van der Waals surface area contributed by atoms with Crippen molar-refractivity contribution in [1.82, 2.24) is 10.2 Å². The number of rotatable bonds is 0. The van der Waals surface area contributed by atoms with Crippen LogP contribution < -0.4 is 5.32 Å². The summed E-state index contributed by atoms with van der Waals surface area (Å²) in [5, 5.41) is 3.76. The fourth-order valence-electron chi connectivity index (χ4n) is 2.04. The highest BCUT2D eigenvalue weighted by atomic mass is 35.5. The molecule has 1 saturated heterocycles. The number of nitrogens with one attached hydrogen (secondary N) is 1. The van der Waals surface area contributed by atoms with Gasteiger partial charge in [-0.25, -0.2) is 4.99 Å². The van der Waals surface area contributed by atoms with Gasteiger partial charge in [-0.3, -0.25) is 10.1 Å². The van der Waals surface area contributed by atoms with Gasteiger partial charge in [-0.15, -0.1) is 12.4 Å². The molecule has 2 aliphatic heterocycles. The normalized spacial score (nSPS) is 20.6. The first-order valence-corrected chi connectivity index (χ1v) is 5.96. The minimum absolute atomic E-state index is 0. The van der Waals surface area contributed by atoms with Crippen molar-refractivity contribution in [3.8, 4) is 0 Å². The average molecular weight is 307 g/mol. The minimum Gasteiger partial charge on any atom is -0.326 e. The molecule has 4 nitrogen and oxygen atoms in total. The molecule has 1 atom stereocenters. The van der Waals surface area contributed by atoms with E-state index in [0.717, 1.165) is 11.3 Å². The average Bonchev–Trinajstić information content (AvgIpc) is 2.58. The van der Waals surface area contributed by atoms with E-state index in [-0.39, 0.29) is 24.4 Å². The minimum atomic E-state index is -0.225. The van der Waals surface area contributed by atoms with Gasteiger partial charge in [-0.2, -0.15) is 0 Å². The van der Waals surface area contributed by atoms with E-state index in [0.29, 0.717) is 22.5 Å². The number of carbonyl (C=O) groups excluding carboxylic acids is 1. The van der Waals surface area contributed by atoms with E-state index in [9.17, 15) is 4.79 Å². The number of guanidine groups is 1. The summed E-state index contributed by atoms with van der Waals surface area (Å²) in [5.74, 6) is 0.548. The van der Waals surface area contributed by atoms with Crippen LogP contribution in [0.25, 0.3) is 0 Å². The lowest BCUT2D eigenvalue weighted by Crippen LogP contribution is -2.35. The maximum atomic E-state index is 11.6. The molecule has 2 heterocycles. The predicted molar refractivity (Wildman–Crippen MR) is 74.0 cm³/mol. The highest BCUT2D eigenvalue weighted by molar-refractivity contribution is 6.42. The van der Waals surface area contributed by atoms with Crippen molar-refractivity contribution >= 4 is 53.2 Å². The zero-order chi connectivity index (χ0) is 12.2. The Morgan fingerprint density at radius 2 is 2.17 bits per heavy atom. The van der Waals surface area contributed by atoms with E-state index in [2.05, 4.69) is 10.3 Å². The lowest BCUT2D eigenvalue weighted by molar-refractivity contribution is -0.121. The van der Waals surface area contributed by atoms with E-state index in [1.807, 2.05) is 17.9 Å². The molecule has 0 aliphatic carbocycles. The molecule has 1 aromatic rings. The molecular formula is C11H10Cl3N3O. The number of halogens is 3. The monoisotopic (exact) mass is 305 g/mol. The molecule has 7 heteroatoms. The molecule has 0 unspecified atom stereocenters. The van der Waals surface area contributed by atoms with Crippen molar-refractivity contribution in [3.63, 3.8) is 0 Å². The number of aliphatic imine (C=N–C) groups is 1. The first-order chi connectivity index (χ1) is 8.08. The Kier molecular flexibility index (Phi) is 3.45. The van der Waals surface area contributed by atoms with Crippen LogP contribution in [0, 0.1) is 0 Å². The second-order valence-electron chi connectivity index (χ2n) is 4.09. The topological polar surface area (TPSA) is 44.7 Å². The fourth-order valence-corrected chi connectivity index (χ4v) is 2.43. The summed E-state index contributed by atoms with van der Waals surface area (Å²) in [6.45, 7) is 2.38. The number of carbonyl (C=O) groups is 1. The van der Waals surface area contributed by atoms with Crippen LogP contribution in [0.2, 0.25) is 10.0 Å². The van der Waals surface area contributed by atoms with Crippen molar-refractivity contribution in [1.29, 1.82) is 0 Å². The molecule has 0 aromatic heterocycles. The highest BCUT2D eigenvalue weighted by Crippen LogP contribution is 2.37. The number of fused-ring (bicyclic) bond motifs is 2. The third kappa shape index (κ3) is 1.85. The van der Waals surface area contributed by atoms with Gasteiger partial charge in [0.2, 0.25) is 11.9 Å². The molecule has 1 fully saturated rings. The molecule has 0 radical (unpaired) electrons. The summed E-state index contributed by atoms with van der Waals surface area (Å²) in [7, 11) is 0. The standard InChI is InChI=1S/C11H9Cl2N3O.ClH/c1-5-10(17)15-11-14-8-3-2-7(12)9(13)6(8)4-16(5)11;/h2-3,5H,4H2,1H3,(H,14,15,17);1H/t5-;/m1./s1. The molecule has 0 spiro atoms. The van der Waals surface area contributed by atoms with Crippen molar-refractivity contribution in [3.05, 3.63) is 27.7 Å². The second kappa shape index (κ2) is 4.61. The van der Waals surface area contributed by atoms with E-state index in [1.165, 1.54) is 0 Å². The van der Waals surface area contributed by atoms with Crippen LogP contribution in [-0.2, 0) is 11.3 Å². The molecule has 0 bridgehead atoms. The lowest BCUT2D eigenvalue weighted by Gasteiger charge is -2.26. The van der Waals surface area contributed by atoms with E-state index in [4.69, 9.17) is 23.2 Å². The van der Waals surface area contributed by atoms with Crippen LogP contribution >= 0.6 is 35.6 Å². The number of benzene rings is 1. The van der Waals surface area contributed by atoms with Crippen LogP contribution in [-0.4, -0.2) is 22.8 Å². The van der Waals surface area contributed by atoms with Gasteiger partial charge in [-0.05, 0) is 19.1 Å². The number of amides is 1. The second-order valence-corrected chi connectivity index (χ2v) is 4.87. The van der Waals surface area contributed by atoms with E-state index in [1.54, 1.807) is 6.07 Å². The Labute approximate surface area is 120 Å². The Morgan fingerprint density at radius 1 is 1.44 bits per heavy atom. The summed E-state index contributed by atoms with van der Waals surface area (Å²) in [4.78, 5) is 17.8. The summed E-state index contributed by atoms with van der Waals surface area (Å²) in [6.07, 6.45) is 0. The molecule has 3 rings (SSSR count). The first-order valence-electron chi connectivity index (χ1n) is 5.21. The quantitative estimate of drug-likeness (QED) is 0.801. The smallest absolute Gasteiger partial charge is 0.249 e. The van der Waals surface area contributed by atoms with Gasteiger partial charge < -0.3 is 4.90 Å². The van der Waals surface area contributed by atoms with Gasteiger partial charge in [0.1, 0.15) is 6.04 Å². The van der Waals surface area contributed by atoms with Crippen LogP contribution in [0.15, 0.2) is 17.1 Å². The van der Waals surface area contributed by atoms with Crippen molar-refractivity contribution in [2.45, 2.75) is 19.5 Å². The molecule has 2 aliphatic rings. The third-order valence-corrected chi connectivity index (χ3v) is 3.92. The van der Waals surface area contributed by atoms with Crippen molar-refractivity contribution < 1.29 is 4.79 Å².